The minimum absolute atomic E-state index is 0.139. The van der Waals surface area contributed by atoms with Gasteiger partial charge in [-0.1, -0.05) is 12.1 Å². The molecule has 0 saturated carbocycles. The van der Waals surface area contributed by atoms with Gasteiger partial charge in [0.1, 0.15) is 13.3 Å². The standard InChI is InChI=1S/C10H10F2O/c1-7(13)8-2-3-9(5-11)10(4-8)6-12/h2-4H,5-6H2,1H3. The molecule has 0 fully saturated rings. The fourth-order valence-electron chi connectivity index (χ4n) is 1.10. The van der Waals surface area contributed by atoms with Crippen LogP contribution in [0.25, 0.3) is 0 Å². The van der Waals surface area contributed by atoms with Crippen molar-refractivity contribution in [3.63, 3.8) is 0 Å². The van der Waals surface area contributed by atoms with Gasteiger partial charge in [-0.25, -0.2) is 8.78 Å². The van der Waals surface area contributed by atoms with Crippen LogP contribution in [0, 0.1) is 0 Å². The second kappa shape index (κ2) is 4.12. The van der Waals surface area contributed by atoms with E-state index in [4.69, 9.17) is 0 Å². The summed E-state index contributed by atoms with van der Waals surface area (Å²) in [4.78, 5) is 10.9. The molecule has 0 aliphatic carbocycles. The van der Waals surface area contributed by atoms with E-state index in [0.717, 1.165) is 0 Å². The van der Waals surface area contributed by atoms with Crippen molar-refractivity contribution >= 4 is 5.78 Å². The Hall–Kier alpha value is -1.25. The molecule has 0 amide bonds. The van der Waals surface area contributed by atoms with Crippen LogP contribution >= 0.6 is 0 Å². The Balaban J connectivity index is 3.13. The summed E-state index contributed by atoms with van der Waals surface area (Å²) in [5.74, 6) is -0.139. The molecule has 0 atom stereocenters. The Bertz CT molecular complexity index is 321. The van der Waals surface area contributed by atoms with E-state index in [1.165, 1.54) is 25.1 Å². The van der Waals surface area contributed by atoms with Gasteiger partial charge in [-0.2, -0.15) is 0 Å². The molecule has 0 saturated heterocycles. The number of Topliss-reactive ketones (excluding diaryl/α,β-unsaturated/α-hetero) is 1. The van der Waals surface area contributed by atoms with E-state index in [1.54, 1.807) is 0 Å². The molecule has 0 aromatic heterocycles. The first kappa shape index (κ1) is 9.84. The Labute approximate surface area is 75.4 Å². The summed E-state index contributed by atoms with van der Waals surface area (Å²) in [6, 6.07) is 4.36. The highest BCUT2D eigenvalue weighted by Crippen LogP contribution is 2.15. The lowest BCUT2D eigenvalue weighted by Crippen LogP contribution is -1.96. The molecular formula is C10H10F2O. The summed E-state index contributed by atoms with van der Waals surface area (Å²) in [6.45, 7) is -0.0374. The minimum atomic E-state index is -0.736. The first-order valence-electron chi connectivity index (χ1n) is 3.93. The van der Waals surface area contributed by atoms with Crippen LogP contribution in [0.15, 0.2) is 18.2 Å². The lowest BCUT2D eigenvalue weighted by Gasteiger charge is -2.03. The summed E-state index contributed by atoms with van der Waals surface area (Å²) < 4.78 is 24.6. The highest BCUT2D eigenvalue weighted by Gasteiger charge is 2.05. The van der Waals surface area contributed by atoms with Gasteiger partial charge in [0, 0.05) is 5.56 Å². The monoisotopic (exact) mass is 184 g/mol. The second-order valence-corrected chi connectivity index (χ2v) is 2.81. The molecule has 13 heavy (non-hydrogen) atoms. The Kier molecular flexibility index (Phi) is 3.12. The van der Waals surface area contributed by atoms with Crippen molar-refractivity contribution in [1.82, 2.24) is 0 Å². The Morgan fingerprint density at radius 1 is 1.23 bits per heavy atom. The van der Waals surface area contributed by atoms with Crippen LogP contribution < -0.4 is 0 Å². The maximum atomic E-state index is 12.3. The molecule has 0 aliphatic rings. The summed E-state index contributed by atoms with van der Waals surface area (Å²) >= 11 is 0. The van der Waals surface area contributed by atoms with Crippen LogP contribution in [0.4, 0.5) is 8.78 Å². The number of halogens is 2. The van der Waals surface area contributed by atoms with Gasteiger partial charge in [-0.05, 0) is 24.1 Å². The first-order chi connectivity index (χ1) is 6.19. The molecule has 0 bridgehead atoms. The van der Waals surface area contributed by atoms with Crippen molar-refractivity contribution in [2.45, 2.75) is 20.3 Å². The predicted molar refractivity (Wildman–Crippen MR) is 46.1 cm³/mol. The Morgan fingerprint density at radius 3 is 2.31 bits per heavy atom. The molecule has 1 nitrogen and oxygen atoms in total. The number of hydrogen-bond donors (Lipinski definition) is 0. The number of hydrogen-bond acceptors (Lipinski definition) is 1. The zero-order valence-corrected chi connectivity index (χ0v) is 7.31. The second-order valence-electron chi connectivity index (χ2n) is 2.81. The third-order valence-electron chi connectivity index (χ3n) is 1.90. The molecule has 70 valence electrons. The van der Waals surface area contributed by atoms with Crippen LogP contribution in [0.1, 0.15) is 28.4 Å². The zero-order chi connectivity index (χ0) is 9.84. The van der Waals surface area contributed by atoms with E-state index in [1.807, 2.05) is 0 Å². The highest BCUT2D eigenvalue weighted by molar-refractivity contribution is 5.94. The lowest BCUT2D eigenvalue weighted by molar-refractivity contribution is 0.101. The number of benzene rings is 1. The molecule has 3 heteroatoms. The maximum Gasteiger partial charge on any atom is 0.159 e. The topological polar surface area (TPSA) is 17.1 Å². The molecule has 0 heterocycles. The van der Waals surface area contributed by atoms with E-state index >= 15 is 0 Å². The van der Waals surface area contributed by atoms with Crippen LogP contribution in [-0.2, 0) is 13.3 Å². The van der Waals surface area contributed by atoms with Gasteiger partial charge in [0.2, 0.25) is 0 Å². The van der Waals surface area contributed by atoms with Gasteiger partial charge in [0.05, 0.1) is 0 Å². The van der Waals surface area contributed by atoms with Crippen molar-refractivity contribution < 1.29 is 13.6 Å². The van der Waals surface area contributed by atoms with Gasteiger partial charge in [0.25, 0.3) is 0 Å². The highest BCUT2D eigenvalue weighted by atomic mass is 19.1. The summed E-state index contributed by atoms with van der Waals surface area (Å²) in [5.41, 5.74) is 0.993. The quantitative estimate of drug-likeness (QED) is 0.660. The van der Waals surface area contributed by atoms with Crippen LogP contribution in [-0.4, -0.2) is 5.78 Å². The van der Waals surface area contributed by atoms with E-state index < -0.39 is 13.3 Å². The van der Waals surface area contributed by atoms with Gasteiger partial charge in [-0.15, -0.1) is 0 Å². The molecular weight excluding hydrogens is 174 g/mol. The van der Waals surface area contributed by atoms with Crippen LogP contribution in [0.5, 0.6) is 0 Å². The molecule has 0 N–H and O–H groups in total. The van der Waals surface area contributed by atoms with Gasteiger partial charge in [0.15, 0.2) is 5.78 Å². The normalized spacial score (nSPS) is 10.1. The number of alkyl halides is 2. The number of rotatable bonds is 3. The molecule has 0 radical (unpaired) electrons. The SMILES string of the molecule is CC(=O)c1ccc(CF)c(CF)c1. The third kappa shape index (κ3) is 2.11. The van der Waals surface area contributed by atoms with E-state index in [0.29, 0.717) is 11.1 Å². The van der Waals surface area contributed by atoms with Crippen LogP contribution in [0.2, 0.25) is 0 Å². The van der Waals surface area contributed by atoms with E-state index in [-0.39, 0.29) is 11.3 Å². The fourth-order valence-corrected chi connectivity index (χ4v) is 1.10. The molecule has 0 unspecified atom stereocenters. The molecule has 1 aromatic carbocycles. The van der Waals surface area contributed by atoms with Gasteiger partial charge in [-0.3, -0.25) is 4.79 Å². The fraction of sp³-hybridized carbons (Fsp3) is 0.300. The van der Waals surface area contributed by atoms with Gasteiger partial charge >= 0.3 is 0 Å². The average Bonchev–Trinajstić information content (AvgIpc) is 2.16. The van der Waals surface area contributed by atoms with Crippen molar-refractivity contribution in [3.8, 4) is 0 Å². The smallest absolute Gasteiger partial charge is 0.159 e. The van der Waals surface area contributed by atoms with Crippen molar-refractivity contribution in [1.29, 1.82) is 0 Å². The summed E-state index contributed by atoms with van der Waals surface area (Å²) in [5, 5.41) is 0. The minimum Gasteiger partial charge on any atom is -0.295 e. The Morgan fingerprint density at radius 2 is 1.85 bits per heavy atom. The first-order valence-corrected chi connectivity index (χ1v) is 3.93. The predicted octanol–water partition coefficient (Wildman–Crippen LogP) is 2.83. The van der Waals surface area contributed by atoms with E-state index in [2.05, 4.69) is 0 Å². The lowest BCUT2D eigenvalue weighted by atomic mass is 10.0. The van der Waals surface area contributed by atoms with E-state index in [9.17, 15) is 13.6 Å². The van der Waals surface area contributed by atoms with Crippen LogP contribution in [0.3, 0.4) is 0 Å². The molecule has 1 aromatic rings. The van der Waals surface area contributed by atoms with Crippen molar-refractivity contribution in [2.24, 2.45) is 0 Å². The molecule has 0 aliphatic heterocycles. The maximum absolute atomic E-state index is 12.3. The number of carbonyl (C=O) groups is 1. The van der Waals surface area contributed by atoms with Gasteiger partial charge < -0.3 is 0 Å². The number of ketones is 1. The average molecular weight is 184 g/mol. The summed E-state index contributed by atoms with van der Waals surface area (Å²) in [7, 11) is 0. The van der Waals surface area contributed by atoms with Crippen molar-refractivity contribution in [2.75, 3.05) is 0 Å². The molecule has 1 rings (SSSR count). The largest absolute Gasteiger partial charge is 0.295 e. The number of carbonyl (C=O) groups excluding carboxylic acids is 1. The molecule has 0 spiro atoms. The van der Waals surface area contributed by atoms with Crippen molar-refractivity contribution in [3.05, 3.63) is 34.9 Å². The zero-order valence-electron chi connectivity index (χ0n) is 7.31. The summed E-state index contributed by atoms with van der Waals surface area (Å²) in [6.07, 6.45) is 0. The third-order valence-corrected chi connectivity index (χ3v) is 1.90.